The van der Waals surface area contributed by atoms with Crippen LogP contribution in [0.25, 0.3) is 9.88 Å². The van der Waals surface area contributed by atoms with Crippen molar-refractivity contribution >= 4 is 28.6 Å². The molecular formula is C15H17N3OS2. The first-order valence-corrected chi connectivity index (χ1v) is 9.02. The second-order valence-electron chi connectivity index (χ2n) is 5.72. The van der Waals surface area contributed by atoms with Crippen LogP contribution < -0.4 is 5.32 Å². The van der Waals surface area contributed by atoms with Gasteiger partial charge in [0.05, 0.1) is 9.75 Å². The normalized spacial score (nSPS) is 27.7. The van der Waals surface area contributed by atoms with Crippen LogP contribution in [0.15, 0.2) is 23.7 Å². The summed E-state index contributed by atoms with van der Waals surface area (Å²) in [5.74, 6) is 0.735. The van der Waals surface area contributed by atoms with Crippen LogP contribution in [-0.4, -0.2) is 41.5 Å². The fraction of sp³-hybridized carbons (Fsp3) is 0.467. The van der Waals surface area contributed by atoms with Gasteiger partial charge in [-0.05, 0) is 44.0 Å². The van der Waals surface area contributed by atoms with Crippen molar-refractivity contribution in [2.45, 2.75) is 18.9 Å². The van der Waals surface area contributed by atoms with Gasteiger partial charge in [-0.15, -0.1) is 22.7 Å². The van der Waals surface area contributed by atoms with Gasteiger partial charge >= 0.3 is 0 Å². The Morgan fingerprint density at radius 3 is 2.86 bits per heavy atom. The van der Waals surface area contributed by atoms with Crippen LogP contribution in [0.5, 0.6) is 0 Å². The van der Waals surface area contributed by atoms with E-state index in [0.717, 1.165) is 21.3 Å². The third-order valence-corrected chi connectivity index (χ3v) is 6.47. The Labute approximate surface area is 131 Å². The van der Waals surface area contributed by atoms with Crippen LogP contribution in [0.3, 0.4) is 0 Å². The van der Waals surface area contributed by atoms with Gasteiger partial charge in [0.15, 0.2) is 0 Å². The van der Waals surface area contributed by atoms with Gasteiger partial charge in [-0.1, -0.05) is 0 Å². The van der Waals surface area contributed by atoms with E-state index in [0.29, 0.717) is 12.0 Å². The van der Waals surface area contributed by atoms with Gasteiger partial charge in [-0.25, -0.2) is 4.98 Å². The molecule has 3 saturated heterocycles. The molecule has 110 valence electrons. The Morgan fingerprint density at radius 1 is 1.33 bits per heavy atom. The number of thiophene rings is 1. The van der Waals surface area contributed by atoms with E-state index in [9.17, 15) is 4.79 Å². The molecule has 1 amide bonds. The number of carbonyl (C=O) groups excluding carboxylic acids is 1. The SMILES string of the molecule is O=C(N[C@H]1CN2CCC1CC2)c1ccc(-c2nccs2)s1. The summed E-state index contributed by atoms with van der Waals surface area (Å²) in [4.78, 5) is 21.1. The fourth-order valence-corrected chi connectivity index (χ4v) is 4.91. The van der Waals surface area contributed by atoms with Gasteiger partial charge in [0.1, 0.15) is 5.01 Å². The molecule has 1 N–H and O–H groups in total. The van der Waals surface area contributed by atoms with Crippen molar-refractivity contribution in [1.82, 2.24) is 15.2 Å². The number of rotatable bonds is 3. The van der Waals surface area contributed by atoms with Gasteiger partial charge in [-0.3, -0.25) is 4.79 Å². The zero-order valence-corrected chi connectivity index (χ0v) is 13.3. The van der Waals surface area contributed by atoms with Gasteiger partial charge in [0.25, 0.3) is 5.91 Å². The summed E-state index contributed by atoms with van der Waals surface area (Å²) in [7, 11) is 0. The maximum Gasteiger partial charge on any atom is 0.261 e. The number of hydrogen-bond donors (Lipinski definition) is 1. The van der Waals surface area contributed by atoms with Crippen molar-refractivity contribution in [3.05, 3.63) is 28.6 Å². The number of nitrogens with one attached hydrogen (secondary N) is 1. The van der Waals surface area contributed by atoms with Crippen molar-refractivity contribution in [1.29, 1.82) is 0 Å². The lowest BCUT2D eigenvalue weighted by molar-refractivity contribution is 0.0622. The zero-order chi connectivity index (χ0) is 14.2. The molecule has 0 aliphatic carbocycles. The summed E-state index contributed by atoms with van der Waals surface area (Å²) in [6.45, 7) is 3.41. The van der Waals surface area contributed by atoms with E-state index in [4.69, 9.17) is 0 Å². The highest BCUT2D eigenvalue weighted by Crippen LogP contribution is 2.31. The largest absolute Gasteiger partial charge is 0.347 e. The number of piperidine rings is 3. The topological polar surface area (TPSA) is 45.2 Å². The number of hydrogen-bond acceptors (Lipinski definition) is 5. The van der Waals surface area contributed by atoms with Crippen molar-refractivity contribution < 1.29 is 4.79 Å². The molecule has 1 atom stereocenters. The molecule has 2 aromatic heterocycles. The van der Waals surface area contributed by atoms with E-state index < -0.39 is 0 Å². The predicted molar refractivity (Wildman–Crippen MR) is 85.8 cm³/mol. The van der Waals surface area contributed by atoms with Crippen LogP contribution in [0, 0.1) is 5.92 Å². The third-order valence-electron chi connectivity index (χ3n) is 4.45. The van der Waals surface area contributed by atoms with Gasteiger partial charge in [0, 0.05) is 24.2 Å². The highest BCUT2D eigenvalue weighted by molar-refractivity contribution is 7.22. The molecule has 0 spiro atoms. The van der Waals surface area contributed by atoms with Crippen LogP contribution in [0.2, 0.25) is 0 Å². The van der Waals surface area contributed by atoms with Gasteiger partial charge in [0.2, 0.25) is 0 Å². The molecule has 3 fully saturated rings. The van der Waals surface area contributed by atoms with Crippen molar-refractivity contribution in [2.75, 3.05) is 19.6 Å². The van der Waals surface area contributed by atoms with Gasteiger partial charge in [-0.2, -0.15) is 0 Å². The third kappa shape index (κ3) is 2.63. The van der Waals surface area contributed by atoms with Crippen LogP contribution in [-0.2, 0) is 0 Å². The second-order valence-corrected chi connectivity index (χ2v) is 7.70. The number of amides is 1. The molecule has 0 aromatic carbocycles. The molecule has 5 heterocycles. The minimum atomic E-state index is 0.0709. The highest BCUT2D eigenvalue weighted by Gasteiger charge is 2.35. The van der Waals surface area contributed by atoms with E-state index >= 15 is 0 Å². The number of carbonyl (C=O) groups is 1. The van der Waals surface area contributed by atoms with Crippen molar-refractivity contribution in [3.63, 3.8) is 0 Å². The lowest BCUT2D eigenvalue weighted by atomic mass is 9.84. The highest BCUT2D eigenvalue weighted by atomic mass is 32.1. The van der Waals surface area contributed by atoms with Crippen molar-refractivity contribution in [2.24, 2.45) is 5.92 Å². The number of nitrogens with zero attached hydrogens (tertiary/aromatic N) is 2. The second kappa shape index (κ2) is 5.51. The Kier molecular flexibility index (Phi) is 3.52. The zero-order valence-electron chi connectivity index (χ0n) is 11.6. The van der Waals surface area contributed by atoms with E-state index in [-0.39, 0.29) is 5.91 Å². The first-order valence-electron chi connectivity index (χ1n) is 7.32. The van der Waals surface area contributed by atoms with Gasteiger partial charge < -0.3 is 10.2 Å². The molecule has 3 aliphatic rings. The van der Waals surface area contributed by atoms with Crippen LogP contribution >= 0.6 is 22.7 Å². The molecule has 3 aliphatic heterocycles. The van der Waals surface area contributed by atoms with E-state index in [1.54, 1.807) is 17.5 Å². The summed E-state index contributed by atoms with van der Waals surface area (Å²) in [6, 6.07) is 4.23. The fourth-order valence-electron chi connectivity index (χ4n) is 3.29. The summed E-state index contributed by atoms with van der Waals surface area (Å²) >= 11 is 3.14. The van der Waals surface area contributed by atoms with E-state index in [1.165, 1.54) is 37.3 Å². The summed E-state index contributed by atoms with van der Waals surface area (Å²) in [5, 5.41) is 6.19. The Bertz CT molecular complexity index is 629. The Balaban J connectivity index is 1.46. The molecular weight excluding hydrogens is 302 g/mol. The number of aromatic nitrogens is 1. The Morgan fingerprint density at radius 2 is 2.19 bits per heavy atom. The van der Waals surface area contributed by atoms with Crippen molar-refractivity contribution in [3.8, 4) is 9.88 Å². The average molecular weight is 319 g/mol. The minimum Gasteiger partial charge on any atom is -0.347 e. The summed E-state index contributed by atoms with van der Waals surface area (Å²) < 4.78 is 0. The maximum atomic E-state index is 12.4. The first kappa shape index (κ1) is 13.4. The van der Waals surface area contributed by atoms with Crippen LogP contribution in [0.1, 0.15) is 22.5 Å². The molecule has 4 nitrogen and oxygen atoms in total. The predicted octanol–water partition coefficient (Wildman–Crippen LogP) is 2.70. The smallest absolute Gasteiger partial charge is 0.261 e. The minimum absolute atomic E-state index is 0.0709. The Hall–Kier alpha value is -1.24. The van der Waals surface area contributed by atoms with E-state index in [1.807, 2.05) is 17.5 Å². The summed E-state index contributed by atoms with van der Waals surface area (Å²) in [5.41, 5.74) is 0. The maximum absolute atomic E-state index is 12.4. The molecule has 2 aromatic rings. The molecule has 0 unspecified atom stereocenters. The molecule has 0 radical (unpaired) electrons. The average Bonchev–Trinajstić information content (AvgIpc) is 3.20. The number of fused-ring (bicyclic) bond motifs is 3. The number of thiazole rings is 1. The first-order chi connectivity index (χ1) is 10.3. The lowest BCUT2D eigenvalue weighted by Gasteiger charge is -2.44. The molecule has 21 heavy (non-hydrogen) atoms. The molecule has 5 rings (SSSR count). The monoisotopic (exact) mass is 319 g/mol. The van der Waals surface area contributed by atoms with Crippen LogP contribution in [0.4, 0.5) is 0 Å². The molecule has 0 saturated carbocycles. The van der Waals surface area contributed by atoms with E-state index in [2.05, 4.69) is 15.2 Å². The summed E-state index contributed by atoms with van der Waals surface area (Å²) in [6.07, 6.45) is 4.24. The standard InChI is InChI=1S/C15H17N3OS2/c19-14(17-11-9-18-6-3-10(11)4-7-18)12-1-2-13(21-12)15-16-5-8-20-15/h1-2,5,8,10-11H,3-4,6-7,9H2,(H,17,19)/t11-/m0/s1. The quantitative estimate of drug-likeness (QED) is 0.946. The lowest BCUT2D eigenvalue weighted by Crippen LogP contribution is -2.57. The molecule has 6 heteroatoms. The molecule has 2 bridgehead atoms.